The molecular weight excluding hydrogens is 260 g/mol. The molecule has 3 rings (SSSR count). The molecule has 1 aliphatic heterocycles. The zero-order valence-electron chi connectivity index (χ0n) is 12.8. The SMILES string of the molecule is CCCNc1ncnc(N2CCc3ccccc32)c1CC. The minimum Gasteiger partial charge on any atom is -0.370 e. The fourth-order valence-electron chi connectivity index (χ4n) is 2.92. The van der Waals surface area contributed by atoms with Gasteiger partial charge in [-0.05, 0) is 30.9 Å². The third-order valence-corrected chi connectivity index (χ3v) is 3.96. The van der Waals surface area contributed by atoms with Crippen LogP contribution in [-0.4, -0.2) is 23.1 Å². The van der Waals surface area contributed by atoms with E-state index in [1.807, 2.05) is 0 Å². The van der Waals surface area contributed by atoms with E-state index in [0.717, 1.165) is 44.0 Å². The topological polar surface area (TPSA) is 41.1 Å². The van der Waals surface area contributed by atoms with E-state index in [4.69, 9.17) is 0 Å². The number of aromatic nitrogens is 2. The highest BCUT2D eigenvalue weighted by molar-refractivity contribution is 5.72. The summed E-state index contributed by atoms with van der Waals surface area (Å²) in [6.07, 6.45) is 4.78. The standard InChI is InChI=1S/C17H22N4/c1-3-10-18-16-14(4-2)17(20-12-19-16)21-11-9-13-7-5-6-8-15(13)21/h5-8,12H,3-4,9-11H2,1-2H3,(H,18,19,20). The second-order valence-electron chi connectivity index (χ2n) is 5.34. The van der Waals surface area contributed by atoms with Gasteiger partial charge in [-0.3, -0.25) is 0 Å². The van der Waals surface area contributed by atoms with Crippen molar-refractivity contribution in [3.63, 3.8) is 0 Å². The Morgan fingerprint density at radius 2 is 2.05 bits per heavy atom. The van der Waals surface area contributed by atoms with E-state index in [1.54, 1.807) is 6.33 Å². The lowest BCUT2D eigenvalue weighted by atomic mass is 10.1. The van der Waals surface area contributed by atoms with Crippen LogP contribution in [0.2, 0.25) is 0 Å². The van der Waals surface area contributed by atoms with Crippen LogP contribution in [0.15, 0.2) is 30.6 Å². The number of fused-ring (bicyclic) bond motifs is 1. The number of nitrogens with zero attached hydrogens (tertiary/aromatic N) is 3. The maximum absolute atomic E-state index is 4.57. The van der Waals surface area contributed by atoms with Crippen molar-refractivity contribution in [2.75, 3.05) is 23.3 Å². The van der Waals surface area contributed by atoms with Crippen molar-refractivity contribution >= 4 is 17.3 Å². The number of anilines is 3. The van der Waals surface area contributed by atoms with Crippen molar-refractivity contribution in [2.45, 2.75) is 33.1 Å². The number of hydrogen-bond donors (Lipinski definition) is 1. The molecule has 1 aliphatic rings. The lowest BCUT2D eigenvalue weighted by Gasteiger charge is -2.22. The molecule has 0 aliphatic carbocycles. The Hall–Kier alpha value is -2.10. The molecule has 0 bridgehead atoms. The average Bonchev–Trinajstić information content (AvgIpc) is 2.96. The molecular formula is C17H22N4. The zero-order valence-corrected chi connectivity index (χ0v) is 12.8. The maximum Gasteiger partial charge on any atom is 0.141 e. The third-order valence-electron chi connectivity index (χ3n) is 3.96. The Balaban J connectivity index is 1.99. The first-order valence-corrected chi connectivity index (χ1v) is 7.78. The summed E-state index contributed by atoms with van der Waals surface area (Å²) in [5.74, 6) is 2.03. The van der Waals surface area contributed by atoms with Gasteiger partial charge in [0.15, 0.2) is 0 Å². The molecule has 0 amide bonds. The molecule has 0 unspecified atom stereocenters. The first-order valence-electron chi connectivity index (χ1n) is 7.78. The van der Waals surface area contributed by atoms with Gasteiger partial charge in [0.05, 0.1) is 0 Å². The highest BCUT2D eigenvalue weighted by Gasteiger charge is 2.24. The van der Waals surface area contributed by atoms with E-state index in [-0.39, 0.29) is 0 Å². The van der Waals surface area contributed by atoms with Crippen molar-refractivity contribution in [1.29, 1.82) is 0 Å². The summed E-state index contributed by atoms with van der Waals surface area (Å²) >= 11 is 0. The van der Waals surface area contributed by atoms with E-state index in [2.05, 4.69) is 58.3 Å². The minimum absolute atomic E-state index is 0.931. The molecule has 0 radical (unpaired) electrons. The lowest BCUT2D eigenvalue weighted by Crippen LogP contribution is -2.18. The van der Waals surface area contributed by atoms with Crippen molar-refractivity contribution in [3.8, 4) is 0 Å². The minimum atomic E-state index is 0.931. The smallest absolute Gasteiger partial charge is 0.141 e. The largest absolute Gasteiger partial charge is 0.370 e. The summed E-state index contributed by atoms with van der Waals surface area (Å²) < 4.78 is 0. The molecule has 21 heavy (non-hydrogen) atoms. The van der Waals surface area contributed by atoms with Crippen LogP contribution in [0.5, 0.6) is 0 Å². The molecule has 2 aromatic rings. The summed E-state index contributed by atoms with van der Waals surface area (Å²) in [6.45, 7) is 6.27. The Morgan fingerprint density at radius 1 is 1.19 bits per heavy atom. The third kappa shape index (κ3) is 2.58. The molecule has 2 heterocycles. The Kier molecular flexibility index (Phi) is 4.04. The van der Waals surface area contributed by atoms with E-state index in [9.17, 15) is 0 Å². The predicted molar refractivity (Wildman–Crippen MR) is 87.3 cm³/mol. The van der Waals surface area contributed by atoms with E-state index in [0.29, 0.717) is 0 Å². The number of rotatable bonds is 5. The summed E-state index contributed by atoms with van der Waals surface area (Å²) in [5, 5.41) is 3.42. The number of nitrogens with one attached hydrogen (secondary N) is 1. The van der Waals surface area contributed by atoms with Crippen molar-refractivity contribution in [2.24, 2.45) is 0 Å². The summed E-state index contributed by atoms with van der Waals surface area (Å²) in [5.41, 5.74) is 3.90. The van der Waals surface area contributed by atoms with Crippen LogP contribution in [0.4, 0.5) is 17.3 Å². The molecule has 110 valence electrons. The van der Waals surface area contributed by atoms with Gasteiger partial charge in [0.1, 0.15) is 18.0 Å². The fourth-order valence-corrected chi connectivity index (χ4v) is 2.92. The molecule has 0 atom stereocenters. The van der Waals surface area contributed by atoms with Crippen LogP contribution in [-0.2, 0) is 12.8 Å². The Labute approximate surface area is 126 Å². The normalized spacial score (nSPS) is 13.3. The summed E-state index contributed by atoms with van der Waals surface area (Å²) in [6, 6.07) is 8.60. The van der Waals surface area contributed by atoms with Crippen LogP contribution in [0, 0.1) is 0 Å². The molecule has 1 N–H and O–H groups in total. The van der Waals surface area contributed by atoms with Crippen molar-refractivity contribution in [1.82, 2.24) is 9.97 Å². The van der Waals surface area contributed by atoms with Gasteiger partial charge in [0, 0.05) is 24.3 Å². The van der Waals surface area contributed by atoms with Crippen LogP contribution in [0.1, 0.15) is 31.4 Å². The van der Waals surface area contributed by atoms with Gasteiger partial charge in [0.2, 0.25) is 0 Å². The van der Waals surface area contributed by atoms with E-state index >= 15 is 0 Å². The van der Waals surface area contributed by atoms with Crippen LogP contribution in [0.25, 0.3) is 0 Å². The van der Waals surface area contributed by atoms with Gasteiger partial charge < -0.3 is 10.2 Å². The molecule has 1 aromatic carbocycles. The highest BCUT2D eigenvalue weighted by Crippen LogP contribution is 2.36. The fraction of sp³-hybridized carbons (Fsp3) is 0.412. The van der Waals surface area contributed by atoms with E-state index in [1.165, 1.54) is 16.8 Å². The molecule has 0 saturated carbocycles. The number of hydrogen-bond acceptors (Lipinski definition) is 4. The molecule has 0 saturated heterocycles. The molecule has 0 fully saturated rings. The van der Waals surface area contributed by atoms with Crippen LogP contribution >= 0.6 is 0 Å². The number of benzene rings is 1. The van der Waals surface area contributed by atoms with Gasteiger partial charge in [-0.1, -0.05) is 32.0 Å². The molecule has 0 spiro atoms. The van der Waals surface area contributed by atoms with E-state index < -0.39 is 0 Å². The van der Waals surface area contributed by atoms with Gasteiger partial charge >= 0.3 is 0 Å². The quantitative estimate of drug-likeness (QED) is 0.910. The van der Waals surface area contributed by atoms with Crippen LogP contribution in [0.3, 0.4) is 0 Å². The van der Waals surface area contributed by atoms with Gasteiger partial charge in [-0.2, -0.15) is 0 Å². The second-order valence-corrected chi connectivity index (χ2v) is 5.34. The summed E-state index contributed by atoms with van der Waals surface area (Å²) in [7, 11) is 0. The monoisotopic (exact) mass is 282 g/mol. The second kappa shape index (κ2) is 6.12. The highest BCUT2D eigenvalue weighted by atomic mass is 15.2. The first-order chi connectivity index (χ1) is 10.3. The Bertz CT molecular complexity index is 624. The number of para-hydroxylation sites is 1. The average molecular weight is 282 g/mol. The summed E-state index contributed by atoms with van der Waals surface area (Å²) in [4.78, 5) is 11.3. The molecule has 1 aromatic heterocycles. The van der Waals surface area contributed by atoms with Gasteiger partial charge in [0.25, 0.3) is 0 Å². The van der Waals surface area contributed by atoms with Gasteiger partial charge in [-0.15, -0.1) is 0 Å². The van der Waals surface area contributed by atoms with Crippen molar-refractivity contribution < 1.29 is 0 Å². The predicted octanol–water partition coefficient (Wildman–Crippen LogP) is 3.56. The maximum atomic E-state index is 4.57. The lowest BCUT2D eigenvalue weighted by molar-refractivity contribution is 0.917. The first kappa shape index (κ1) is 13.9. The molecule has 4 heteroatoms. The van der Waals surface area contributed by atoms with Crippen molar-refractivity contribution in [3.05, 3.63) is 41.7 Å². The van der Waals surface area contributed by atoms with Crippen LogP contribution < -0.4 is 10.2 Å². The molecule has 4 nitrogen and oxygen atoms in total. The zero-order chi connectivity index (χ0) is 14.7. The van der Waals surface area contributed by atoms with Gasteiger partial charge in [-0.25, -0.2) is 9.97 Å². The Morgan fingerprint density at radius 3 is 2.86 bits per heavy atom.